The van der Waals surface area contributed by atoms with Gasteiger partial charge in [-0.2, -0.15) is 0 Å². The summed E-state index contributed by atoms with van der Waals surface area (Å²) in [5.74, 6) is -1.24. The van der Waals surface area contributed by atoms with E-state index in [-0.39, 0.29) is 34.7 Å². The molecular weight excluding hydrogens is 346 g/mol. The molecule has 0 radical (unpaired) electrons. The van der Waals surface area contributed by atoms with Crippen LogP contribution < -0.4 is 10.7 Å². The summed E-state index contributed by atoms with van der Waals surface area (Å²) < 4.78 is 10.7. The van der Waals surface area contributed by atoms with Crippen LogP contribution >= 0.6 is 0 Å². The largest absolute Gasteiger partial charge is 0.460 e. The average molecular weight is 365 g/mol. The van der Waals surface area contributed by atoms with Crippen molar-refractivity contribution in [2.75, 3.05) is 11.9 Å². The van der Waals surface area contributed by atoms with Crippen molar-refractivity contribution in [3.05, 3.63) is 76.1 Å². The molecule has 0 spiro atoms. The summed E-state index contributed by atoms with van der Waals surface area (Å²) in [5, 5.41) is 2.99. The van der Waals surface area contributed by atoms with Crippen LogP contribution in [0.25, 0.3) is 11.0 Å². The van der Waals surface area contributed by atoms with Gasteiger partial charge in [0.15, 0.2) is 11.0 Å². The highest BCUT2D eigenvalue weighted by Gasteiger charge is 2.17. The highest BCUT2D eigenvalue weighted by atomic mass is 16.5. The zero-order valence-corrected chi connectivity index (χ0v) is 14.9. The van der Waals surface area contributed by atoms with Crippen molar-refractivity contribution in [2.45, 2.75) is 19.8 Å². The Balaban J connectivity index is 1.95. The van der Waals surface area contributed by atoms with Crippen LogP contribution in [0, 0.1) is 0 Å². The van der Waals surface area contributed by atoms with E-state index in [0.717, 1.165) is 18.9 Å². The number of nitrogens with one attached hydrogen (secondary N) is 1. The van der Waals surface area contributed by atoms with Gasteiger partial charge in [-0.3, -0.25) is 9.59 Å². The second-order valence-electron chi connectivity index (χ2n) is 5.97. The van der Waals surface area contributed by atoms with E-state index in [1.165, 1.54) is 0 Å². The lowest BCUT2D eigenvalue weighted by Gasteiger charge is -2.09. The Morgan fingerprint density at radius 2 is 1.85 bits per heavy atom. The fraction of sp³-hybridized carbons (Fsp3) is 0.190. The predicted octanol–water partition coefficient (Wildman–Crippen LogP) is 4.00. The van der Waals surface area contributed by atoms with Gasteiger partial charge in [0.05, 0.1) is 17.7 Å². The van der Waals surface area contributed by atoms with Gasteiger partial charge >= 0.3 is 5.97 Å². The normalized spacial score (nSPS) is 10.6. The zero-order chi connectivity index (χ0) is 19.2. The first kappa shape index (κ1) is 18.4. The van der Waals surface area contributed by atoms with Gasteiger partial charge in [-0.1, -0.05) is 37.6 Å². The van der Waals surface area contributed by atoms with Gasteiger partial charge in [0.2, 0.25) is 5.76 Å². The lowest BCUT2D eigenvalue weighted by Crippen LogP contribution is -2.14. The molecule has 0 aliphatic heterocycles. The maximum Gasteiger partial charge on any atom is 0.374 e. The molecule has 6 nitrogen and oxygen atoms in total. The monoisotopic (exact) mass is 365 g/mol. The summed E-state index contributed by atoms with van der Waals surface area (Å²) in [5.41, 5.74) is 0.528. The lowest BCUT2D eigenvalue weighted by atomic mass is 10.1. The van der Waals surface area contributed by atoms with Crippen LogP contribution in [0.1, 0.15) is 40.7 Å². The number of rotatable bonds is 6. The van der Waals surface area contributed by atoms with Gasteiger partial charge in [-0.05, 0) is 30.7 Å². The Morgan fingerprint density at radius 3 is 2.59 bits per heavy atom. The molecular formula is C21H19NO5. The van der Waals surface area contributed by atoms with Gasteiger partial charge in [0, 0.05) is 11.6 Å². The number of unbranched alkanes of at least 4 members (excludes halogenated alkanes) is 1. The highest BCUT2D eigenvalue weighted by molar-refractivity contribution is 6.08. The quantitative estimate of drug-likeness (QED) is 0.527. The molecule has 1 amide bonds. The van der Waals surface area contributed by atoms with Gasteiger partial charge in [0.1, 0.15) is 0 Å². The van der Waals surface area contributed by atoms with Crippen LogP contribution in [-0.2, 0) is 4.74 Å². The number of carbonyl (C=O) groups is 2. The molecule has 1 aromatic heterocycles. The minimum Gasteiger partial charge on any atom is -0.460 e. The lowest BCUT2D eigenvalue weighted by molar-refractivity contribution is 0.0464. The summed E-state index contributed by atoms with van der Waals surface area (Å²) in [6.45, 7) is 2.23. The number of para-hydroxylation sites is 1. The summed E-state index contributed by atoms with van der Waals surface area (Å²) in [4.78, 5) is 36.9. The fourth-order valence-corrected chi connectivity index (χ4v) is 2.54. The van der Waals surface area contributed by atoms with Gasteiger partial charge in [-0.15, -0.1) is 0 Å². The molecule has 0 aliphatic carbocycles. The summed E-state index contributed by atoms with van der Waals surface area (Å²) >= 11 is 0. The van der Waals surface area contributed by atoms with Crippen LogP contribution in [0.4, 0.5) is 5.69 Å². The predicted molar refractivity (Wildman–Crippen MR) is 102 cm³/mol. The minimum atomic E-state index is -0.702. The average Bonchev–Trinajstić information content (AvgIpc) is 2.69. The number of amides is 1. The molecule has 138 valence electrons. The van der Waals surface area contributed by atoms with Crippen molar-refractivity contribution in [1.29, 1.82) is 0 Å². The van der Waals surface area contributed by atoms with E-state index in [0.29, 0.717) is 11.3 Å². The van der Waals surface area contributed by atoms with Crippen molar-refractivity contribution in [2.24, 2.45) is 0 Å². The van der Waals surface area contributed by atoms with Crippen molar-refractivity contribution in [1.82, 2.24) is 0 Å². The van der Waals surface area contributed by atoms with E-state index >= 15 is 0 Å². The van der Waals surface area contributed by atoms with E-state index < -0.39 is 5.97 Å². The molecule has 0 bridgehead atoms. The second-order valence-corrected chi connectivity index (χ2v) is 5.97. The molecule has 6 heteroatoms. The first-order valence-corrected chi connectivity index (χ1v) is 8.70. The smallest absolute Gasteiger partial charge is 0.374 e. The van der Waals surface area contributed by atoms with Crippen molar-refractivity contribution >= 4 is 28.5 Å². The zero-order valence-electron chi connectivity index (χ0n) is 14.9. The maximum absolute atomic E-state index is 12.4. The Hall–Kier alpha value is -3.41. The van der Waals surface area contributed by atoms with E-state index in [1.807, 2.05) is 13.0 Å². The number of carbonyl (C=O) groups excluding carboxylic acids is 2. The van der Waals surface area contributed by atoms with Crippen LogP contribution in [0.2, 0.25) is 0 Å². The van der Waals surface area contributed by atoms with Crippen LogP contribution in [0.15, 0.2) is 63.8 Å². The van der Waals surface area contributed by atoms with E-state index in [1.54, 1.807) is 42.5 Å². The third-order valence-corrected chi connectivity index (χ3v) is 3.97. The number of anilines is 1. The van der Waals surface area contributed by atoms with Crippen molar-refractivity contribution in [3.8, 4) is 0 Å². The van der Waals surface area contributed by atoms with Gasteiger partial charge < -0.3 is 14.5 Å². The number of hydrogen-bond donors (Lipinski definition) is 1. The van der Waals surface area contributed by atoms with E-state index in [2.05, 4.69) is 5.32 Å². The molecule has 0 fully saturated rings. The fourth-order valence-electron chi connectivity index (χ4n) is 2.54. The molecule has 0 unspecified atom stereocenters. The van der Waals surface area contributed by atoms with Crippen molar-refractivity contribution in [3.63, 3.8) is 0 Å². The summed E-state index contributed by atoms with van der Waals surface area (Å²) in [6, 6.07) is 14.6. The van der Waals surface area contributed by atoms with Crippen LogP contribution in [-0.4, -0.2) is 18.5 Å². The van der Waals surface area contributed by atoms with Gasteiger partial charge in [0.25, 0.3) is 5.91 Å². The Bertz CT molecular complexity index is 1020. The molecule has 27 heavy (non-hydrogen) atoms. The number of benzene rings is 2. The summed E-state index contributed by atoms with van der Waals surface area (Å²) in [7, 11) is 0. The number of ether oxygens (including phenoxy) is 1. The molecule has 3 aromatic rings. The molecule has 2 aromatic carbocycles. The number of esters is 1. The molecule has 0 saturated carbocycles. The molecule has 0 saturated heterocycles. The number of hydrogen-bond acceptors (Lipinski definition) is 5. The minimum absolute atomic E-state index is 0.136. The highest BCUT2D eigenvalue weighted by Crippen LogP contribution is 2.23. The van der Waals surface area contributed by atoms with Crippen LogP contribution in [0.3, 0.4) is 0 Å². The third kappa shape index (κ3) is 4.23. The maximum atomic E-state index is 12.4. The standard InChI is InChI=1S/C21H19NO5/c1-2-3-12-26-21(25)18-13-17(23)15-10-7-11-16(19(15)27-18)22-20(24)14-8-5-4-6-9-14/h4-11,13H,2-3,12H2,1H3,(H,22,24). The summed E-state index contributed by atoms with van der Waals surface area (Å²) in [6.07, 6.45) is 1.60. The topological polar surface area (TPSA) is 85.6 Å². The van der Waals surface area contributed by atoms with Crippen LogP contribution in [0.5, 0.6) is 0 Å². The molecule has 0 aliphatic rings. The molecule has 1 N–H and O–H groups in total. The Morgan fingerprint density at radius 1 is 1.07 bits per heavy atom. The van der Waals surface area contributed by atoms with Crippen molar-refractivity contribution < 1.29 is 18.7 Å². The molecule has 0 atom stereocenters. The van der Waals surface area contributed by atoms with E-state index in [4.69, 9.17) is 9.15 Å². The Labute approximate surface area is 155 Å². The Kier molecular flexibility index (Phi) is 5.66. The van der Waals surface area contributed by atoms with E-state index in [9.17, 15) is 14.4 Å². The van der Waals surface area contributed by atoms with Gasteiger partial charge in [-0.25, -0.2) is 4.79 Å². The number of fused-ring (bicyclic) bond motifs is 1. The third-order valence-electron chi connectivity index (χ3n) is 3.97. The first-order chi connectivity index (χ1) is 13.1. The second kappa shape index (κ2) is 8.31. The molecule has 3 rings (SSSR count). The first-order valence-electron chi connectivity index (χ1n) is 8.70. The SMILES string of the molecule is CCCCOC(=O)c1cc(=O)c2cccc(NC(=O)c3ccccc3)c2o1. The molecule has 1 heterocycles.